The van der Waals surface area contributed by atoms with Gasteiger partial charge in [0.05, 0.1) is 0 Å². The number of halogens is 1. The van der Waals surface area contributed by atoms with E-state index in [1.54, 1.807) is 0 Å². The molecule has 0 aromatic heterocycles. The van der Waals surface area contributed by atoms with E-state index in [4.69, 9.17) is 11.5 Å². The van der Waals surface area contributed by atoms with Gasteiger partial charge in [-0.05, 0) is 30.2 Å². The number of hydrogen-bond acceptors (Lipinski definition) is 2. The van der Waals surface area contributed by atoms with Gasteiger partial charge >= 0.3 is 0 Å². The van der Waals surface area contributed by atoms with Gasteiger partial charge in [-0.2, -0.15) is 0 Å². The van der Waals surface area contributed by atoms with Crippen LogP contribution < -0.4 is 11.5 Å². The molecule has 0 radical (unpaired) electrons. The first-order valence-electron chi connectivity index (χ1n) is 3.29. The van der Waals surface area contributed by atoms with E-state index in [2.05, 4.69) is 0 Å². The maximum Gasteiger partial charge on any atom is 0.0317 e. The van der Waals surface area contributed by atoms with Gasteiger partial charge in [0, 0.05) is 12.2 Å². The van der Waals surface area contributed by atoms with E-state index < -0.39 is 0 Å². The maximum atomic E-state index is 5.55. The summed E-state index contributed by atoms with van der Waals surface area (Å²) >= 11 is 0. The first-order chi connectivity index (χ1) is 4.74. The lowest BCUT2D eigenvalue weighted by Gasteiger charge is -2.02. The normalized spacial score (nSPS) is 8.91. The summed E-state index contributed by atoms with van der Waals surface area (Å²) in [5, 5.41) is 0. The van der Waals surface area contributed by atoms with Crippen LogP contribution in [0.2, 0.25) is 0 Å². The average molecular weight is 173 g/mol. The summed E-state index contributed by atoms with van der Waals surface area (Å²) in [7, 11) is 0. The Hall–Kier alpha value is -0.730. The summed E-state index contributed by atoms with van der Waals surface area (Å²) in [4.78, 5) is 0. The summed E-state index contributed by atoms with van der Waals surface area (Å²) in [5.74, 6) is 0. The molecule has 1 aromatic carbocycles. The number of aryl methyl sites for hydroxylation is 1. The Morgan fingerprint density at radius 3 is 2.45 bits per heavy atom. The molecule has 0 fully saturated rings. The van der Waals surface area contributed by atoms with Crippen molar-refractivity contribution >= 4 is 18.1 Å². The van der Waals surface area contributed by atoms with Gasteiger partial charge in [0.2, 0.25) is 0 Å². The second-order valence-electron chi connectivity index (χ2n) is 2.39. The molecular weight excluding hydrogens is 160 g/mol. The van der Waals surface area contributed by atoms with Crippen LogP contribution in [0.4, 0.5) is 5.69 Å². The third-order valence-electron chi connectivity index (χ3n) is 1.59. The van der Waals surface area contributed by atoms with Crippen molar-refractivity contribution in [1.82, 2.24) is 0 Å². The largest absolute Gasteiger partial charge is 0.399 e. The monoisotopic (exact) mass is 172 g/mol. The number of anilines is 1. The number of nitrogens with two attached hydrogens (primary N) is 2. The van der Waals surface area contributed by atoms with E-state index in [0.717, 1.165) is 11.3 Å². The van der Waals surface area contributed by atoms with Crippen LogP contribution in [-0.4, -0.2) is 0 Å². The van der Waals surface area contributed by atoms with E-state index in [0.29, 0.717) is 6.54 Å². The zero-order chi connectivity index (χ0) is 7.56. The Morgan fingerprint density at radius 1 is 1.36 bits per heavy atom. The number of rotatable bonds is 1. The van der Waals surface area contributed by atoms with Gasteiger partial charge in [-0.15, -0.1) is 12.4 Å². The van der Waals surface area contributed by atoms with E-state index in [1.807, 2.05) is 25.1 Å². The lowest BCUT2D eigenvalue weighted by Crippen LogP contribution is -1.99. The fourth-order valence-electron chi connectivity index (χ4n) is 0.911. The zero-order valence-corrected chi connectivity index (χ0v) is 7.32. The standard InChI is InChI=1S/C8H12N2.ClH/c1-6-2-3-8(10)4-7(6)5-9;/h2-4H,5,9-10H2,1H3;1H. The van der Waals surface area contributed by atoms with Crippen LogP contribution >= 0.6 is 12.4 Å². The molecule has 0 saturated heterocycles. The predicted molar refractivity (Wildman–Crippen MR) is 50.7 cm³/mol. The molecule has 4 N–H and O–H groups in total. The molecule has 0 atom stereocenters. The fourth-order valence-corrected chi connectivity index (χ4v) is 0.911. The molecule has 0 spiro atoms. The molecule has 2 nitrogen and oxygen atoms in total. The van der Waals surface area contributed by atoms with Crippen molar-refractivity contribution in [3.05, 3.63) is 29.3 Å². The molecule has 0 aliphatic heterocycles. The predicted octanol–water partition coefficient (Wildman–Crippen LogP) is 1.46. The highest BCUT2D eigenvalue weighted by Gasteiger charge is 1.94. The average Bonchev–Trinajstić information content (AvgIpc) is 1.94. The molecule has 0 unspecified atom stereocenters. The van der Waals surface area contributed by atoms with Crippen molar-refractivity contribution in [2.75, 3.05) is 5.73 Å². The maximum absolute atomic E-state index is 5.55. The van der Waals surface area contributed by atoms with E-state index >= 15 is 0 Å². The van der Waals surface area contributed by atoms with Crippen molar-refractivity contribution in [3.63, 3.8) is 0 Å². The Morgan fingerprint density at radius 2 is 2.00 bits per heavy atom. The van der Waals surface area contributed by atoms with Crippen LogP contribution in [-0.2, 0) is 6.54 Å². The highest BCUT2D eigenvalue weighted by molar-refractivity contribution is 5.85. The molecule has 3 heteroatoms. The van der Waals surface area contributed by atoms with Gasteiger partial charge in [0.15, 0.2) is 0 Å². The van der Waals surface area contributed by atoms with Crippen LogP contribution in [0.15, 0.2) is 18.2 Å². The van der Waals surface area contributed by atoms with E-state index in [-0.39, 0.29) is 12.4 Å². The number of nitrogen functional groups attached to an aromatic ring is 1. The third kappa shape index (κ3) is 2.41. The summed E-state index contributed by atoms with van der Waals surface area (Å²) in [5.41, 5.74) is 14.1. The van der Waals surface area contributed by atoms with Gasteiger partial charge in [0.1, 0.15) is 0 Å². The van der Waals surface area contributed by atoms with E-state index in [1.165, 1.54) is 5.56 Å². The molecule has 1 aromatic rings. The number of hydrogen-bond donors (Lipinski definition) is 2. The van der Waals surface area contributed by atoms with Gasteiger partial charge < -0.3 is 11.5 Å². The summed E-state index contributed by atoms with van der Waals surface area (Å²) in [6.45, 7) is 2.60. The van der Waals surface area contributed by atoms with Gasteiger partial charge in [-0.3, -0.25) is 0 Å². The minimum absolute atomic E-state index is 0. The fraction of sp³-hybridized carbons (Fsp3) is 0.250. The van der Waals surface area contributed by atoms with Crippen molar-refractivity contribution in [3.8, 4) is 0 Å². The Kier molecular flexibility index (Phi) is 3.93. The lowest BCUT2D eigenvalue weighted by molar-refractivity contribution is 1.05. The smallest absolute Gasteiger partial charge is 0.0317 e. The molecule has 0 amide bonds. The van der Waals surface area contributed by atoms with E-state index in [9.17, 15) is 0 Å². The zero-order valence-electron chi connectivity index (χ0n) is 6.50. The molecule has 0 bridgehead atoms. The van der Waals surface area contributed by atoms with Crippen LogP contribution in [0.1, 0.15) is 11.1 Å². The summed E-state index contributed by atoms with van der Waals surface area (Å²) in [6, 6.07) is 5.78. The Balaban J connectivity index is 0.000001000. The van der Waals surface area contributed by atoms with Gasteiger partial charge in [0.25, 0.3) is 0 Å². The lowest BCUT2D eigenvalue weighted by atomic mass is 10.1. The highest BCUT2D eigenvalue weighted by Crippen LogP contribution is 2.10. The van der Waals surface area contributed by atoms with Crippen LogP contribution in [0.5, 0.6) is 0 Å². The molecule has 62 valence electrons. The second kappa shape index (κ2) is 4.21. The SMILES string of the molecule is Cc1ccc(N)cc1CN.Cl. The third-order valence-corrected chi connectivity index (χ3v) is 1.59. The van der Waals surface area contributed by atoms with Crippen LogP contribution in [0.25, 0.3) is 0 Å². The minimum atomic E-state index is 0. The van der Waals surface area contributed by atoms with Crippen LogP contribution in [0, 0.1) is 6.92 Å². The molecule has 0 aliphatic carbocycles. The topological polar surface area (TPSA) is 52.0 Å². The number of benzene rings is 1. The quantitative estimate of drug-likeness (QED) is 0.631. The summed E-state index contributed by atoms with van der Waals surface area (Å²) in [6.07, 6.45) is 0. The molecule has 0 heterocycles. The van der Waals surface area contributed by atoms with Crippen molar-refractivity contribution in [2.24, 2.45) is 5.73 Å². The molecular formula is C8H13ClN2. The van der Waals surface area contributed by atoms with Gasteiger partial charge in [-0.1, -0.05) is 6.07 Å². The Labute approximate surface area is 73.0 Å². The van der Waals surface area contributed by atoms with Crippen molar-refractivity contribution in [2.45, 2.75) is 13.5 Å². The minimum Gasteiger partial charge on any atom is -0.399 e. The Bertz CT molecular complexity index is 236. The first kappa shape index (κ1) is 10.3. The molecule has 0 saturated carbocycles. The highest BCUT2D eigenvalue weighted by atomic mass is 35.5. The van der Waals surface area contributed by atoms with Gasteiger partial charge in [-0.25, -0.2) is 0 Å². The molecule has 11 heavy (non-hydrogen) atoms. The summed E-state index contributed by atoms with van der Waals surface area (Å²) < 4.78 is 0. The van der Waals surface area contributed by atoms with Crippen LogP contribution in [0.3, 0.4) is 0 Å². The first-order valence-corrected chi connectivity index (χ1v) is 3.29. The second-order valence-corrected chi connectivity index (χ2v) is 2.39. The van der Waals surface area contributed by atoms with Crippen molar-refractivity contribution in [1.29, 1.82) is 0 Å². The molecule has 1 rings (SSSR count). The molecule has 0 aliphatic rings. The van der Waals surface area contributed by atoms with Crippen molar-refractivity contribution < 1.29 is 0 Å².